The first-order valence-corrected chi connectivity index (χ1v) is 8.03. The Balaban J connectivity index is 1.93. The first-order valence-electron chi connectivity index (χ1n) is 6.16. The van der Waals surface area contributed by atoms with Gasteiger partial charge in [-0.25, -0.2) is 9.79 Å². The topological polar surface area (TPSA) is 38.7 Å². The molecule has 1 aliphatic rings. The number of nitrogens with zero attached hydrogens (tertiary/aromatic N) is 1. The number of ether oxygens (including phenoxy) is 1. The first kappa shape index (κ1) is 14.5. The predicted octanol–water partition coefficient (Wildman–Crippen LogP) is 4.40. The molecule has 0 aliphatic carbocycles. The van der Waals surface area contributed by atoms with Gasteiger partial charge in [-0.1, -0.05) is 28.1 Å². The van der Waals surface area contributed by atoms with Crippen LogP contribution in [0.2, 0.25) is 0 Å². The zero-order chi connectivity index (χ0) is 14.8. The largest absolute Gasteiger partial charge is 0.402 e. The minimum Gasteiger partial charge on any atom is -0.402 e. The lowest BCUT2D eigenvalue weighted by Gasteiger charge is -1.98. The molecular formula is C16H9BrINO2. The summed E-state index contributed by atoms with van der Waals surface area (Å²) in [4.78, 5) is 16.2. The number of cyclic esters (lactones) is 1. The van der Waals surface area contributed by atoms with E-state index in [1.165, 1.54) is 0 Å². The molecule has 3 nitrogen and oxygen atoms in total. The van der Waals surface area contributed by atoms with E-state index >= 15 is 0 Å². The van der Waals surface area contributed by atoms with Crippen molar-refractivity contribution in [3.8, 4) is 0 Å². The van der Waals surface area contributed by atoms with Gasteiger partial charge in [0, 0.05) is 13.6 Å². The minimum absolute atomic E-state index is 0.307. The molecule has 0 fully saturated rings. The Hall–Kier alpha value is -1.47. The zero-order valence-corrected chi connectivity index (χ0v) is 14.5. The lowest BCUT2D eigenvalue weighted by Crippen LogP contribution is -2.05. The normalized spacial score (nSPS) is 16.0. The van der Waals surface area contributed by atoms with Crippen molar-refractivity contribution >= 4 is 56.5 Å². The van der Waals surface area contributed by atoms with Crippen LogP contribution in [-0.2, 0) is 9.53 Å². The fourth-order valence-corrected chi connectivity index (χ4v) is 2.66. The van der Waals surface area contributed by atoms with Crippen molar-refractivity contribution in [2.24, 2.45) is 4.99 Å². The molecule has 1 aliphatic heterocycles. The quantitative estimate of drug-likeness (QED) is 0.384. The predicted molar refractivity (Wildman–Crippen MR) is 93.9 cm³/mol. The third-order valence-electron chi connectivity index (χ3n) is 2.86. The summed E-state index contributed by atoms with van der Waals surface area (Å²) in [5.41, 5.74) is 1.99. The van der Waals surface area contributed by atoms with Gasteiger partial charge in [-0.15, -0.1) is 0 Å². The van der Waals surface area contributed by atoms with E-state index in [1.54, 1.807) is 6.08 Å². The summed E-state index contributed by atoms with van der Waals surface area (Å²) in [6, 6.07) is 15.3. The van der Waals surface area contributed by atoms with Crippen LogP contribution in [0.25, 0.3) is 6.08 Å². The number of hydrogen-bond acceptors (Lipinski definition) is 3. The van der Waals surface area contributed by atoms with Gasteiger partial charge in [-0.2, -0.15) is 0 Å². The summed E-state index contributed by atoms with van der Waals surface area (Å²) in [7, 11) is 0. The Morgan fingerprint density at radius 1 is 1.14 bits per heavy atom. The third kappa shape index (κ3) is 3.41. The van der Waals surface area contributed by atoms with Crippen LogP contribution in [0.15, 0.2) is 63.7 Å². The molecule has 0 saturated carbocycles. The van der Waals surface area contributed by atoms with Crippen molar-refractivity contribution in [1.29, 1.82) is 0 Å². The van der Waals surface area contributed by atoms with E-state index in [1.807, 2.05) is 48.5 Å². The summed E-state index contributed by atoms with van der Waals surface area (Å²) in [6.45, 7) is 0. The number of hydrogen-bond donors (Lipinski definition) is 0. The molecule has 0 amide bonds. The van der Waals surface area contributed by atoms with Gasteiger partial charge in [0.05, 0.1) is 0 Å². The molecule has 0 saturated heterocycles. The molecule has 5 heteroatoms. The van der Waals surface area contributed by atoms with Crippen LogP contribution in [0, 0.1) is 3.57 Å². The van der Waals surface area contributed by atoms with Gasteiger partial charge in [0.15, 0.2) is 5.70 Å². The Labute approximate surface area is 144 Å². The summed E-state index contributed by atoms with van der Waals surface area (Å²) >= 11 is 5.62. The molecule has 0 aromatic heterocycles. The smallest absolute Gasteiger partial charge is 0.363 e. The van der Waals surface area contributed by atoms with Crippen LogP contribution in [0.4, 0.5) is 0 Å². The van der Waals surface area contributed by atoms with Gasteiger partial charge < -0.3 is 4.74 Å². The second-order valence-electron chi connectivity index (χ2n) is 4.40. The van der Waals surface area contributed by atoms with Crippen LogP contribution < -0.4 is 0 Å². The SMILES string of the molecule is O=C1OC(c2ccc(I)cc2)=N/C1=C\c1cccc(Br)c1. The highest BCUT2D eigenvalue weighted by Crippen LogP contribution is 2.21. The van der Waals surface area contributed by atoms with E-state index < -0.39 is 5.97 Å². The Morgan fingerprint density at radius 3 is 2.62 bits per heavy atom. The van der Waals surface area contributed by atoms with Crippen LogP contribution in [0.5, 0.6) is 0 Å². The molecule has 0 spiro atoms. The van der Waals surface area contributed by atoms with Crippen molar-refractivity contribution in [3.63, 3.8) is 0 Å². The highest BCUT2D eigenvalue weighted by Gasteiger charge is 2.23. The number of aliphatic imine (C=N–C) groups is 1. The standard InChI is InChI=1S/C16H9BrINO2/c17-12-3-1-2-10(8-12)9-14-16(20)21-15(19-14)11-4-6-13(18)7-5-11/h1-9H/b14-9-. The number of esters is 1. The van der Waals surface area contributed by atoms with Gasteiger partial charge in [0.1, 0.15) is 0 Å². The minimum atomic E-state index is -0.427. The number of benzene rings is 2. The molecule has 0 N–H and O–H groups in total. The summed E-state index contributed by atoms with van der Waals surface area (Å²) < 4.78 is 7.30. The van der Waals surface area contributed by atoms with Gasteiger partial charge in [-0.05, 0) is 70.6 Å². The van der Waals surface area contributed by atoms with E-state index in [9.17, 15) is 4.79 Å². The average Bonchev–Trinajstić information content (AvgIpc) is 2.81. The van der Waals surface area contributed by atoms with Gasteiger partial charge in [-0.3, -0.25) is 0 Å². The summed E-state index contributed by atoms with van der Waals surface area (Å²) in [6.07, 6.45) is 1.72. The van der Waals surface area contributed by atoms with Gasteiger partial charge in [0.2, 0.25) is 5.90 Å². The molecule has 104 valence electrons. The maximum absolute atomic E-state index is 11.9. The maximum atomic E-state index is 11.9. The van der Waals surface area contributed by atoms with Crippen LogP contribution in [0.1, 0.15) is 11.1 Å². The van der Waals surface area contributed by atoms with Crippen LogP contribution in [-0.4, -0.2) is 11.9 Å². The Bertz CT molecular complexity index is 766. The second kappa shape index (κ2) is 6.11. The Morgan fingerprint density at radius 2 is 1.90 bits per heavy atom. The summed E-state index contributed by atoms with van der Waals surface area (Å²) in [5, 5.41) is 0. The average molecular weight is 454 g/mol. The van der Waals surface area contributed by atoms with E-state index in [4.69, 9.17) is 4.74 Å². The van der Waals surface area contributed by atoms with E-state index in [-0.39, 0.29) is 0 Å². The van der Waals surface area contributed by atoms with Crippen LogP contribution in [0.3, 0.4) is 0 Å². The molecular weight excluding hydrogens is 445 g/mol. The fraction of sp³-hybridized carbons (Fsp3) is 0. The van der Waals surface area contributed by atoms with Crippen molar-refractivity contribution in [2.75, 3.05) is 0 Å². The molecule has 3 rings (SSSR count). The molecule has 1 heterocycles. The number of carbonyl (C=O) groups excluding carboxylic acids is 1. The number of halogens is 2. The van der Waals surface area contributed by atoms with Crippen LogP contribution >= 0.6 is 38.5 Å². The van der Waals surface area contributed by atoms with Crippen molar-refractivity contribution in [1.82, 2.24) is 0 Å². The molecule has 0 bridgehead atoms. The monoisotopic (exact) mass is 453 g/mol. The molecule has 0 atom stereocenters. The Kier molecular flexibility index (Phi) is 4.21. The molecule has 21 heavy (non-hydrogen) atoms. The van der Waals surface area contributed by atoms with E-state index in [2.05, 4.69) is 43.5 Å². The van der Waals surface area contributed by atoms with Gasteiger partial charge in [0.25, 0.3) is 0 Å². The van der Waals surface area contributed by atoms with E-state index in [0.29, 0.717) is 11.6 Å². The second-order valence-corrected chi connectivity index (χ2v) is 6.56. The van der Waals surface area contributed by atoms with Crippen molar-refractivity contribution < 1.29 is 9.53 Å². The first-order chi connectivity index (χ1) is 10.1. The van der Waals surface area contributed by atoms with Crippen molar-refractivity contribution in [2.45, 2.75) is 0 Å². The highest BCUT2D eigenvalue weighted by atomic mass is 127. The van der Waals surface area contributed by atoms with Gasteiger partial charge >= 0.3 is 5.97 Å². The summed E-state index contributed by atoms with van der Waals surface area (Å²) in [5.74, 6) is -0.0822. The third-order valence-corrected chi connectivity index (χ3v) is 4.08. The lowest BCUT2D eigenvalue weighted by atomic mass is 10.2. The fourth-order valence-electron chi connectivity index (χ4n) is 1.88. The maximum Gasteiger partial charge on any atom is 0.363 e. The van der Waals surface area contributed by atoms with Crippen molar-refractivity contribution in [3.05, 3.63) is 73.4 Å². The zero-order valence-electron chi connectivity index (χ0n) is 10.7. The van der Waals surface area contributed by atoms with E-state index in [0.717, 1.165) is 19.2 Å². The highest BCUT2D eigenvalue weighted by molar-refractivity contribution is 14.1. The number of carbonyl (C=O) groups is 1. The lowest BCUT2D eigenvalue weighted by molar-refractivity contribution is -0.129. The number of rotatable bonds is 2. The molecule has 2 aromatic carbocycles. The molecule has 0 unspecified atom stereocenters. The molecule has 2 aromatic rings. The molecule has 0 radical (unpaired) electrons.